The summed E-state index contributed by atoms with van der Waals surface area (Å²) >= 11 is 4.10. The molecule has 1 aromatic carbocycles. The van der Waals surface area contributed by atoms with Gasteiger partial charge in [0, 0.05) is 11.7 Å². The van der Waals surface area contributed by atoms with Gasteiger partial charge in [-0.05, 0) is 18.7 Å². The van der Waals surface area contributed by atoms with Crippen molar-refractivity contribution < 1.29 is 19.4 Å². The average molecular weight is 368 g/mol. The highest BCUT2D eigenvalue weighted by Gasteiger charge is 2.34. The summed E-state index contributed by atoms with van der Waals surface area (Å²) in [6, 6.07) is 8.38. The third-order valence-electron chi connectivity index (χ3n) is 4.01. The number of rotatable bonds is 11. The van der Waals surface area contributed by atoms with Gasteiger partial charge >= 0.3 is 5.97 Å². The first-order valence-electron chi connectivity index (χ1n) is 8.48. The van der Waals surface area contributed by atoms with Crippen LogP contribution in [0.25, 0.3) is 0 Å². The van der Waals surface area contributed by atoms with Crippen LogP contribution in [0, 0.1) is 5.92 Å². The van der Waals surface area contributed by atoms with E-state index in [-0.39, 0.29) is 18.4 Å². The fourth-order valence-corrected chi connectivity index (χ4v) is 2.55. The number of nitrogens with zero attached hydrogens (tertiary/aromatic N) is 1. The van der Waals surface area contributed by atoms with E-state index in [0.29, 0.717) is 18.8 Å². The first-order chi connectivity index (χ1) is 11.9. The van der Waals surface area contributed by atoms with Crippen molar-refractivity contribution in [2.24, 2.45) is 5.92 Å². The van der Waals surface area contributed by atoms with Crippen LogP contribution in [-0.4, -0.2) is 53.0 Å². The minimum Gasteiger partial charge on any atom is -0.480 e. The Bertz CT molecular complexity index is 537. The number of carboxylic acid groups (broad SMARTS) is 1. The lowest BCUT2D eigenvalue weighted by molar-refractivity contribution is -0.156. The molecule has 3 atom stereocenters. The number of hydrogen-bond acceptors (Lipinski definition) is 5. The molecule has 1 aromatic rings. The largest absolute Gasteiger partial charge is 0.480 e. The van der Waals surface area contributed by atoms with E-state index in [9.17, 15) is 14.7 Å². The molecule has 0 fully saturated rings. The smallest absolute Gasteiger partial charge is 0.330 e. The van der Waals surface area contributed by atoms with Gasteiger partial charge in [0.2, 0.25) is 5.91 Å². The molecular weight excluding hydrogens is 340 g/mol. The Morgan fingerprint density at radius 1 is 1.24 bits per heavy atom. The molecule has 1 amide bonds. The fourth-order valence-electron chi connectivity index (χ4n) is 2.39. The Labute approximate surface area is 155 Å². The van der Waals surface area contributed by atoms with E-state index < -0.39 is 18.2 Å². The highest BCUT2D eigenvalue weighted by molar-refractivity contribution is 7.80. The highest BCUT2D eigenvalue weighted by Crippen LogP contribution is 2.12. The predicted octanol–water partition coefficient (Wildman–Crippen LogP) is 2.01. The molecule has 140 valence electrons. The first-order valence-corrected chi connectivity index (χ1v) is 9.11. The lowest BCUT2D eigenvalue weighted by Gasteiger charge is -2.34. The molecule has 0 aliphatic heterocycles. The number of nitrogens with one attached hydrogen (secondary N) is 1. The van der Waals surface area contributed by atoms with Crippen LogP contribution in [0.3, 0.4) is 0 Å². The molecule has 2 N–H and O–H groups in total. The maximum Gasteiger partial charge on any atom is 0.330 e. The zero-order valence-electron chi connectivity index (χ0n) is 15.0. The van der Waals surface area contributed by atoms with Crippen molar-refractivity contribution in [3.05, 3.63) is 35.9 Å². The van der Waals surface area contributed by atoms with Gasteiger partial charge in [0.05, 0.1) is 6.61 Å². The van der Waals surface area contributed by atoms with E-state index in [1.807, 2.05) is 49.1 Å². The van der Waals surface area contributed by atoms with Gasteiger partial charge in [-0.1, -0.05) is 51.1 Å². The van der Waals surface area contributed by atoms with Crippen molar-refractivity contribution in [1.29, 1.82) is 0 Å². The second-order valence-electron chi connectivity index (χ2n) is 5.82. The third kappa shape index (κ3) is 6.68. The maximum absolute atomic E-state index is 12.2. The van der Waals surface area contributed by atoms with Gasteiger partial charge < -0.3 is 15.2 Å². The number of ether oxygens (including phenoxy) is 1. The molecule has 0 spiro atoms. The summed E-state index contributed by atoms with van der Waals surface area (Å²) in [7, 11) is 0. The van der Waals surface area contributed by atoms with Gasteiger partial charge in [-0.2, -0.15) is 12.6 Å². The molecular formula is C18H28N2O4S. The fraction of sp³-hybridized carbons (Fsp3) is 0.556. The number of carboxylic acids is 1. The summed E-state index contributed by atoms with van der Waals surface area (Å²) in [5.41, 5.74) is 0.943. The van der Waals surface area contributed by atoms with Crippen LogP contribution in [0.5, 0.6) is 0 Å². The van der Waals surface area contributed by atoms with Gasteiger partial charge in [0.1, 0.15) is 6.23 Å². The highest BCUT2D eigenvalue weighted by atomic mass is 32.1. The van der Waals surface area contributed by atoms with Crippen LogP contribution < -0.4 is 5.32 Å². The summed E-state index contributed by atoms with van der Waals surface area (Å²) in [4.78, 5) is 25.8. The first kappa shape index (κ1) is 21.5. The normalized spacial score (nSPS) is 14.8. The molecule has 3 unspecified atom stereocenters. The molecule has 0 saturated heterocycles. The average Bonchev–Trinajstić information content (AvgIpc) is 2.63. The molecule has 1 rings (SSSR count). The summed E-state index contributed by atoms with van der Waals surface area (Å²) < 4.78 is 5.92. The van der Waals surface area contributed by atoms with Crippen molar-refractivity contribution in [2.75, 3.05) is 18.8 Å². The summed E-state index contributed by atoms with van der Waals surface area (Å²) in [5, 5.41) is 12.2. The van der Waals surface area contributed by atoms with Crippen molar-refractivity contribution in [3.8, 4) is 0 Å². The number of carbonyl (C=O) groups is 2. The standard InChI is InChI=1S/C18H28N2O4S/c1-4-20(5-2)17(24-11-14-9-7-6-8-10-14)15(18(22)23)19-16(21)13(3)12-25/h6-10,13,15,17,25H,4-5,11-12H2,1-3H3,(H,19,21)(H,22,23). The van der Waals surface area contributed by atoms with Crippen molar-refractivity contribution >= 4 is 24.5 Å². The minimum atomic E-state index is -1.15. The number of benzene rings is 1. The van der Waals surface area contributed by atoms with Gasteiger partial charge in [-0.15, -0.1) is 0 Å². The van der Waals surface area contributed by atoms with Crippen molar-refractivity contribution in [2.45, 2.75) is 39.6 Å². The van der Waals surface area contributed by atoms with E-state index in [4.69, 9.17) is 4.74 Å². The molecule has 0 bridgehead atoms. The number of likely N-dealkylation sites (N-methyl/N-ethyl adjacent to an activating group) is 1. The minimum absolute atomic E-state index is 0.268. The van der Waals surface area contributed by atoms with E-state index in [0.717, 1.165) is 5.56 Å². The van der Waals surface area contributed by atoms with E-state index in [1.165, 1.54) is 0 Å². The van der Waals surface area contributed by atoms with Crippen LogP contribution in [0.4, 0.5) is 0 Å². The van der Waals surface area contributed by atoms with Gasteiger partial charge in [-0.3, -0.25) is 9.69 Å². The van der Waals surface area contributed by atoms with Crippen LogP contribution in [0.15, 0.2) is 30.3 Å². The van der Waals surface area contributed by atoms with Crippen LogP contribution in [0.2, 0.25) is 0 Å². The van der Waals surface area contributed by atoms with E-state index in [2.05, 4.69) is 17.9 Å². The number of thiol groups is 1. The molecule has 7 heteroatoms. The number of hydrogen-bond donors (Lipinski definition) is 3. The second-order valence-corrected chi connectivity index (χ2v) is 6.18. The molecule has 0 radical (unpaired) electrons. The van der Waals surface area contributed by atoms with Crippen LogP contribution in [-0.2, 0) is 20.9 Å². The molecule has 0 aliphatic carbocycles. The van der Waals surface area contributed by atoms with Crippen molar-refractivity contribution in [1.82, 2.24) is 10.2 Å². The lowest BCUT2D eigenvalue weighted by Crippen LogP contribution is -2.57. The Morgan fingerprint density at radius 3 is 2.32 bits per heavy atom. The van der Waals surface area contributed by atoms with Gasteiger partial charge in [0.15, 0.2) is 6.04 Å². The summed E-state index contributed by atoms with van der Waals surface area (Å²) in [6.07, 6.45) is -0.760. The van der Waals surface area contributed by atoms with Gasteiger partial charge in [-0.25, -0.2) is 4.79 Å². The zero-order chi connectivity index (χ0) is 18.8. The molecule has 0 saturated carbocycles. The Morgan fingerprint density at radius 2 is 1.84 bits per heavy atom. The maximum atomic E-state index is 12.2. The predicted molar refractivity (Wildman–Crippen MR) is 101 cm³/mol. The molecule has 0 heterocycles. The lowest BCUT2D eigenvalue weighted by atomic mass is 10.1. The van der Waals surface area contributed by atoms with Crippen LogP contribution >= 0.6 is 12.6 Å². The number of carbonyl (C=O) groups excluding carboxylic acids is 1. The molecule has 0 aliphatic rings. The topological polar surface area (TPSA) is 78.9 Å². The number of amides is 1. The Balaban J connectivity index is 2.95. The zero-order valence-corrected chi connectivity index (χ0v) is 15.9. The monoisotopic (exact) mass is 368 g/mol. The summed E-state index contributed by atoms with van der Waals surface area (Å²) in [6.45, 7) is 7.05. The molecule has 0 aromatic heterocycles. The summed E-state index contributed by atoms with van der Waals surface area (Å²) in [5.74, 6) is -1.50. The second kappa shape index (κ2) is 11.1. The third-order valence-corrected chi connectivity index (χ3v) is 4.55. The Kier molecular flexibility index (Phi) is 9.55. The molecule has 25 heavy (non-hydrogen) atoms. The van der Waals surface area contributed by atoms with E-state index >= 15 is 0 Å². The van der Waals surface area contributed by atoms with Crippen molar-refractivity contribution in [3.63, 3.8) is 0 Å². The Hall–Kier alpha value is -1.57. The quantitative estimate of drug-likeness (QED) is 0.411. The number of aliphatic carboxylic acids is 1. The van der Waals surface area contributed by atoms with Crippen LogP contribution in [0.1, 0.15) is 26.3 Å². The van der Waals surface area contributed by atoms with E-state index in [1.54, 1.807) is 6.92 Å². The molecule has 6 nitrogen and oxygen atoms in total. The van der Waals surface area contributed by atoms with Gasteiger partial charge in [0.25, 0.3) is 0 Å². The SMILES string of the molecule is CCN(CC)C(OCc1ccccc1)C(NC(=O)C(C)CS)C(=O)O.